The van der Waals surface area contributed by atoms with Crippen molar-refractivity contribution in [1.29, 1.82) is 0 Å². The van der Waals surface area contributed by atoms with Crippen LogP contribution in [0.5, 0.6) is 0 Å². The molecule has 0 aliphatic carbocycles. The Bertz CT molecular complexity index is 586. The molecule has 0 aromatic heterocycles. The number of rotatable bonds is 3. The Morgan fingerprint density at radius 1 is 1.47 bits per heavy atom. The highest BCUT2D eigenvalue weighted by molar-refractivity contribution is 9.10. The van der Waals surface area contributed by atoms with E-state index >= 15 is 0 Å². The second kappa shape index (κ2) is 5.52. The molecule has 4 nitrogen and oxygen atoms in total. The van der Waals surface area contributed by atoms with Gasteiger partial charge in [0.15, 0.2) is 0 Å². The first-order valence-corrected chi connectivity index (χ1v) is 8.49. The maximum atomic E-state index is 12.6. The average molecular weight is 348 g/mol. The lowest BCUT2D eigenvalue weighted by Gasteiger charge is -2.18. The van der Waals surface area contributed by atoms with Crippen molar-refractivity contribution >= 4 is 26.0 Å². The van der Waals surface area contributed by atoms with E-state index in [1.54, 1.807) is 12.1 Å². The van der Waals surface area contributed by atoms with E-state index in [1.165, 1.54) is 4.31 Å². The molecule has 1 atom stereocenters. The molecule has 1 aliphatic heterocycles. The fourth-order valence-electron chi connectivity index (χ4n) is 2.34. The minimum absolute atomic E-state index is 0.160. The zero-order valence-corrected chi connectivity index (χ0v) is 13.5. The van der Waals surface area contributed by atoms with E-state index in [2.05, 4.69) is 22.9 Å². The van der Waals surface area contributed by atoms with Crippen LogP contribution in [-0.2, 0) is 16.6 Å². The third-order valence-corrected chi connectivity index (χ3v) is 6.67. The van der Waals surface area contributed by atoms with Gasteiger partial charge in [0.1, 0.15) is 0 Å². The quantitative estimate of drug-likeness (QED) is 0.912. The number of benzene rings is 1. The van der Waals surface area contributed by atoms with E-state index < -0.39 is 10.0 Å². The lowest BCUT2D eigenvalue weighted by molar-refractivity contribution is 0.281. The standard InChI is InChI=1S/C13H18BrNO3S/c1-9-3-4-15(7-9)19(17,18)12-6-11(8-16)5-10(2)13(12)14/h5-6,9,16H,3-4,7-8H2,1-2H3. The highest BCUT2D eigenvalue weighted by Crippen LogP contribution is 2.32. The number of aryl methyl sites for hydroxylation is 1. The third kappa shape index (κ3) is 2.86. The predicted molar refractivity (Wildman–Crippen MR) is 77.3 cm³/mol. The Hall–Kier alpha value is -0.430. The fraction of sp³-hybridized carbons (Fsp3) is 0.538. The molecular formula is C13H18BrNO3S. The van der Waals surface area contributed by atoms with Gasteiger partial charge in [-0.15, -0.1) is 0 Å². The first kappa shape index (κ1) is 15.0. The Morgan fingerprint density at radius 3 is 2.68 bits per heavy atom. The van der Waals surface area contributed by atoms with Crippen LogP contribution < -0.4 is 0 Å². The summed E-state index contributed by atoms with van der Waals surface area (Å²) in [6.07, 6.45) is 0.898. The summed E-state index contributed by atoms with van der Waals surface area (Å²) in [6.45, 7) is 4.86. The first-order chi connectivity index (χ1) is 8.86. The van der Waals surface area contributed by atoms with Crippen LogP contribution in [0.15, 0.2) is 21.5 Å². The van der Waals surface area contributed by atoms with Gasteiger partial charge in [-0.05, 0) is 52.4 Å². The molecule has 1 N–H and O–H groups in total. The zero-order chi connectivity index (χ0) is 14.2. The molecule has 1 heterocycles. The number of aliphatic hydroxyl groups excluding tert-OH is 1. The van der Waals surface area contributed by atoms with Gasteiger partial charge in [0.2, 0.25) is 10.0 Å². The molecule has 19 heavy (non-hydrogen) atoms. The lowest BCUT2D eigenvalue weighted by Crippen LogP contribution is -2.29. The van der Waals surface area contributed by atoms with Crippen molar-refractivity contribution in [2.75, 3.05) is 13.1 Å². The summed E-state index contributed by atoms with van der Waals surface area (Å²) < 4.78 is 27.4. The van der Waals surface area contributed by atoms with Gasteiger partial charge < -0.3 is 5.11 Å². The molecule has 1 aromatic rings. The van der Waals surface area contributed by atoms with Crippen LogP contribution in [0, 0.1) is 12.8 Å². The molecule has 0 spiro atoms. The fourth-order valence-corrected chi connectivity index (χ4v) is 4.95. The predicted octanol–water partition coefficient (Wildman–Crippen LogP) is 2.28. The molecule has 1 aromatic carbocycles. The second-order valence-corrected chi connectivity index (χ2v) is 7.84. The summed E-state index contributed by atoms with van der Waals surface area (Å²) in [4.78, 5) is 0.255. The van der Waals surface area contributed by atoms with Gasteiger partial charge in [0.25, 0.3) is 0 Å². The van der Waals surface area contributed by atoms with E-state index in [0.717, 1.165) is 12.0 Å². The van der Waals surface area contributed by atoms with E-state index in [9.17, 15) is 13.5 Å². The SMILES string of the molecule is Cc1cc(CO)cc(S(=O)(=O)N2CCC(C)C2)c1Br. The van der Waals surface area contributed by atoms with E-state index in [0.29, 0.717) is 29.0 Å². The van der Waals surface area contributed by atoms with Crippen LogP contribution in [0.25, 0.3) is 0 Å². The molecule has 1 fully saturated rings. The van der Waals surface area contributed by atoms with Crippen molar-refractivity contribution in [1.82, 2.24) is 4.31 Å². The molecule has 1 aliphatic rings. The normalized spacial score (nSPS) is 20.9. The molecule has 106 valence electrons. The Kier molecular flexibility index (Phi) is 4.35. The average Bonchev–Trinajstić information content (AvgIpc) is 2.79. The largest absolute Gasteiger partial charge is 0.392 e. The molecular weight excluding hydrogens is 330 g/mol. The number of halogens is 1. The van der Waals surface area contributed by atoms with Crippen molar-refractivity contribution in [3.8, 4) is 0 Å². The number of sulfonamides is 1. The van der Waals surface area contributed by atoms with Crippen LogP contribution in [-0.4, -0.2) is 30.9 Å². The van der Waals surface area contributed by atoms with Gasteiger partial charge in [0.05, 0.1) is 11.5 Å². The zero-order valence-electron chi connectivity index (χ0n) is 11.1. The smallest absolute Gasteiger partial charge is 0.244 e. The molecule has 0 amide bonds. The lowest BCUT2D eigenvalue weighted by atomic mass is 10.1. The second-order valence-electron chi connectivity index (χ2n) is 5.14. The maximum absolute atomic E-state index is 12.6. The molecule has 1 unspecified atom stereocenters. The van der Waals surface area contributed by atoms with Crippen LogP contribution in [0.3, 0.4) is 0 Å². The molecule has 2 rings (SSSR count). The number of hydrogen-bond acceptors (Lipinski definition) is 3. The Labute approximate surface area is 122 Å². The molecule has 6 heteroatoms. The highest BCUT2D eigenvalue weighted by Gasteiger charge is 2.32. The number of nitrogens with zero attached hydrogens (tertiary/aromatic N) is 1. The summed E-state index contributed by atoms with van der Waals surface area (Å²) in [7, 11) is -3.48. The Balaban J connectivity index is 2.48. The summed E-state index contributed by atoms with van der Waals surface area (Å²) in [6, 6.07) is 3.34. The van der Waals surface area contributed by atoms with Gasteiger partial charge in [-0.1, -0.05) is 13.0 Å². The van der Waals surface area contributed by atoms with Gasteiger partial charge in [-0.2, -0.15) is 4.31 Å². The summed E-state index contributed by atoms with van der Waals surface area (Å²) in [5.74, 6) is 0.399. The molecule has 0 saturated carbocycles. The van der Waals surface area contributed by atoms with Crippen LogP contribution in [0.4, 0.5) is 0 Å². The number of hydrogen-bond donors (Lipinski definition) is 1. The van der Waals surface area contributed by atoms with E-state index in [-0.39, 0.29) is 11.5 Å². The van der Waals surface area contributed by atoms with Gasteiger partial charge >= 0.3 is 0 Å². The highest BCUT2D eigenvalue weighted by atomic mass is 79.9. The van der Waals surface area contributed by atoms with Gasteiger partial charge in [-0.3, -0.25) is 0 Å². The molecule has 0 bridgehead atoms. The van der Waals surface area contributed by atoms with Crippen molar-refractivity contribution in [3.05, 3.63) is 27.7 Å². The Morgan fingerprint density at radius 2 is 2.16 bits per heavy atom. The van der Waals surface area contributed by atoms with Gasteiger partial charge in [0, 0.05) is 17.6 Å². The molecule has 1 saturated heterocycles. The van der Waals surface area contributed by atoms with Crippen LogP contribution >= 0.6 is 15.9 Å². The van der Waals surface area contributed by atoms with Crippen LogP contribution in [0.1, 0.15) is 24.5 Å². The molecule has 0 radical (unpaired) electrons. The van der Waals surface area contributed by atoms with Crippen LogP contribution in [0.2, 0.25) is 0 Å². The topological polar surface area (TPSA) is 57.6 Å². The monoisotopic (exact) mass is 347 g/mol. The number of aliphatic hydroxyl groups is 1. The van der Waals surface area contributed by atoms with Crippen molar-refractivity contribution < 1.29 is 13.5 Å². The van der Waals surface area contributed by atoms with E-state index in [4.69, 9.17) is 0 Å². The first-order valence-electron chi connectivity index (χ1n) is 6.26. The summed E-state index contributed by atoms with van der Waals surface area (Å²) >= 11 is 3.35. The van der Waals surface area contributed by atoms with Gasteiger partial charge in [-0.25, -0.2) is 8.42 Å². The van der Waals surface area contributed by atoms with Crippen molar-refractivity contribution in [3.63, 3.8) is 0 Å². The summed E-state index contributed by atoms with van der Waals surface area (Å²) in [5.41, 5.74) is 1.43. The minimum atomic E-state index is -3.48. The van der Waals surface area contributed by atoms with Crippen molar-refractivity contribution in [2.45, 2.75) is 31.8 Å². The summed E-state index contributed by atoms with van der Waals surface area (Å²) in [5, 5.41) is 9.23. The minimum Gasteiger partial charge on any atom is -0.392 e. The van der Waals surface area contributed by atoms with Crippen molar-refractivity contribution in [2.24, 2.45) is 5.92 Å². The van der Waals surface area contributed by atoms with E-state index in [1.807, 2.05) is 6.92 Å². The third-order valence-electron chi connectivity index (χ3n) is 3.47. The maximum Gasteiger partial charge on any atom is 0.244 e.